The fourth-order valence-electron chi connectivity index (χ4n) is 1.29. The number of nitrogens with one attached hydrogen (secondary N) is 2. The number of amides is 1. The first-order valence-corrected chi connectivity index (χ1v) is 5.24. The van der Waals surface area contributed by atoms with Gasteiger partial charge in [0.1, 0.15) is 16.6 Å². The number of carbonyl (C=O) groups is 1. The van der Waals surface area contributed by atoms with Gasteiger partial charge in [0.25, 0.3) is 5.91 Å². The molecule has 2 rings (SSSR count). The lowest BCUT2D eigenvalue weighted by atomic mass is 10.2. The highest BCUT2D eigenvalue weighted by Crippen LogP contribution is 2.12. The summed E-state index contributed by atoms with van der Waals surface area (Å²) in [4.78, 5) is 15.5. The summed E-state index contributed by atoms with van der Waals surface area (Å²) in [6, 6.07) is 1.07. The Kier molecular flexibility index (Phi) is 3.28. The van der Waals surface area contributed by atoms with E-state index in [-0.39, 0.29) is 16.4 Å². The lowest BCUT2D eigenvalue weighted by molar-refractivity contribution is 0.102. The Morgan fingerprint density at radius 1 is 1.44 bits per heavy atom. The summed E-state index contributed by atoms with van der Waals surface area (Å²) < 4.78 is 12.9. The van der Waals surface area contributed by atoms with Gasteiger partial charge in [-0.05, 0) is 6.07 Å². The molecule has 92 valence electrons. The average Bonchev–Trinajstić information content (AvgIpc) is 2.77. The average molecular weight is 265 g/mol. The number of H-pyrrole nitrogens is 1. The second-order valence-corrected chi connectivity index (χ2v) is 3.81. The number of hydrogen-bond acceptors (Lipinski definition) is 4. The molecule has 4 N–H and O–H groups in total. The summed E-state index contributed by atoms with van der Waals surface area (Å²) in [6.07, 6.45) is 3.64. The topological polar surface area (TPSA) is 96.7 Å². The van der Waals surface area contributed by atoms with Crippen molar-refractivity contribution < 1.29 is 9.18 Å². The maximum atomic E-state index is 12.9. The van der Waals surface area contributed by atoms with E-state index < -0.39 is 11.7 Å². The molecule has 0 radical (unpaired) electrons. The molecule has 0 bridgehead atoms. The third-order valence-corrected chi connectivity index (χ3v) is 2.33. The number of halogens is 1. The van der Waals surface area contributed by atoms with Crippen molar-refractivity contribution >= 4 is 28.9 Å². The Balaban J connectivity index is 2.21. The first-order chi connectivity index (χ1) is 8.58. The van der Waals surface area contributed by atoms with Crippen LogP contribution >= 0.6 is 12.2 Å². The number of aromatic amines is 1. The summed E-state index contributed by atoms with van der Waals surface area (Å²) in [5, 5.41) is 8.73. The van der Waals surface area contributed by atoms with Crippen LogP contribution in [0.5, 0.6) is 0 Å². The third-order valence-electron chi connectivity index (χ3n) is 2.11. The molecule has 0 spiro atoms. The summed E-state index contributed by atoms with van der Waals surface area (Å²) in [5.74, 6) is -0.873. The smallest absolute Gasteiger partial charge is 0.258 e. The van der Waals surface area contributed by atoms with E-state index in [0.717, 1.165) is 12.3 Å². The maximum absolute atomic E-state index is 12.9. The van der Waals surface area contributed by atoms with E-state index in [1.165, 1.54) is 12.4 Å². The molecule has 0 saturated carbocycles. The molecular formula is C10H8FN5OS. The van der Waals surface area contributed by atoms with Crippen LogP contribution in [0.2, 0.25) is 0 Å². The minimum absolute atomic E-state index is 0.0819. The van der Waals surface area contributed by atoms with Crippen LogP contribution in [0.4, 0.5) is 10.2 Å². The van der Waals surface area contributed by atoms with Crippen LogP contribution in [0.15, 0.2) is 24.7 Å². The minimum atomic E-state index is -0.596. The number of nitrogens with two attached hydrogens (primary N) is 1. The molecule has 0 saturated heterocycles. The summed E-state index contributed by atoms with van der Waals surface area (Å²) in [6.45, 7) is 0. The third kappa shape index (κ3) is 2.48. The highest BCUT2D eigenvalue weighted by Gasteiger charge is 2.13. The van der Waals surface area contributed by atoms with Crippen molar-refractivity contribution in [2.75, 3.05) is 5.32 Å². The Hall–Kier alpha value is -2.35. The van der Waals surface area contributed by atoms with E-state index in [1.807, 2.05) is 0 Å². The van der Waals surface area contributed by atoms with Crippen molar-refractivity contribution in [3.63, 3.8) is 0 Å². The molecule has 0 aromatic carbocycles. The number of pyridine rings is 1. The van der Waals surface area contributed by atoms with Crippen molar-refractivity contribution in [3.8, 4) is 0 Å². The molecule has 0 atom stereocenters. The first-order valence-electron chi connectivity index (χ1n) is 4.83. The van der Waals surface area contributed by atoms with E-state index in [1.54, 1.807) is 0 Å². The number of thiocarbonyl (C=S) groups is 1. The maximum Gasteiger partial charge on any atom is 0.258 e. The van der Waals surface area contributed by atoms with Crippen molar-refractivity contribution in [1.29, 1.82) is 0 Å². The van der Waals surface area contributed by atoms with Gasteiger partial charge < -0.3 is 11.1 Å². The first kappa shape index (κ1) is 12.1. The Morgan fingerprint density at radius 2 is 2.22 bits per heavy atom. The van der Waals surface area contributed by atoms with Gasteiger partial charge in [0.15, 0.2) is 0 Å². The molecule has 0 fully saturated rings. The van der Waals surface area contributed by atoms with Crippen LogP contribution in [0, 0.1) is 5.82 Å². The van der Waals surface area contributed by atoms with Gasteiger partial charge in [-0.15, -0.1) is 0 Å². The van der Waals surface area contributed by atoms with Crippen LogP contribution in [0.1, 0.15) is 15.9 Å². The molecule has 8 heteroatoms. The quantitative estimate of drug-likeness (QED) is 0.714. The summed E-state index contributed by atoms with van der Waals surface area (Å²) in [7, 11) is 0. The van der Waals surface area contributed by atoms with Gasteiger partial charge in [-0.1, -0.05) is 12.2 Å². The zero-order valence-corrected chi connectivity index (χ0v) is 9.79. The van der Waals surface area contributed by atoms with E-state index in [9.17, 15) is 9.18 Å². The Bertz CT molecular complexity index is 612. The van der Waals surface area contributed by atoms with Crippen LogP contribution in [-0.2, 0) is 0 Å². The van der Waals surface area contributed by atoms with Crippen LogP contribution in [0.25, 0.3) is 0 Å². The SMILES string of the molecule is NC(=S)c1cn[nH]c1NC(=O)c1cncc(F)c1. The Morgan fingerprint density at radius 3 is 2.89 bits per heavy atom. The second kappa shape index (κ2) is 4.88. The predicted molar refractivity (Wildman–Crippen MR) is 66.6 cm³/mol. The number of anilines is 1. The largest absolute Gasteiger partial charge is 0.389 e. The predicted octanol–water partition coefficient (Wildman–Crippen LogP) is 0.830. The van der Waals surface area contributed by atoms with Crippen molar-refractivity contribution in [2.24, 2.45) is 5.73 Å². The summed E-state index contributed by atoms with van der Waals surface area (Å²) in [5.41, 5.74) is 5.93. The van der Waals surface area contributed by atoms with E-state index in [2.05, 4.69) is 20.5 Å². The zero-order chi connectivity index (χ0) is 13.1. The van der Waals surface area contributed by atoms with Crippen LogP contribution < -0.4 is 11.1 Å². The highest BCUT2D eigenvalue weighted by molar-refractivity contribution is 7.80. The number of nitrogens with zero attached hydrogens (tertiary/aromatic N) is 2. The van der Waals surface area contributed by atoms with Crippen molar-refractivity contribution in [1.82, 2.24) is 15.2 Å². The lowest BCUT2D eigenvalue weighted by Gasteiger charge is -2.04. The molecule has 0 unspecified atom stereocenters. The lowest BCUT2D eigenvalue weighted by Crippen LogP contribution is -2.17. The van der Waals surface area contributed by atoms with Gasteiger partial charge in [0.05, 0.1) is 23.5 Å². The molecule has 0 aliphatic rings. The van der Waals surface area contributed by atoms with Gasteiger partial charge in [0, 0.05) is 6.20 Å². The van der Waals surface area contributed by atoms with E-state index in [0.29, 0.717) is 5.56 Å². The monoisotopic (exact) mass is 265 g/mol. The molecular weight excluding hydrogens is 257 g/mol. The number of hydrogen-bond donors (Lipinski definition) is 3. The van der Waals surface area contributed by atoms with Gasteiger partial charge >= 0.3 is 0 Å². The normalized spacial score (nSPS) is 10.1. The van der Waals surface area contributed by atoms with Gasteiger partial charge in [-0.3, -0.25) is 14.9 Å². The fourth-order valence-corrected chi connectivity index (χ4v) is 1.44. The zero-order valence-electron chi connectivity index (χ0n) is 8.98. The molecule has 18 heavy (non-hydrogen) atoms. The summed E-state index contributed by atoms with van der Waals surface area (Å²) >= 11 is 4.79. The van der Waals surface area contributed by atoms with Crippen LogP contribution in [0.3, 0.4) is 0 Å². The molecule has 1 amide bonds. The minimum Gasteiger partial charge on any atom is -0.389 e. The van der Waals surface area contributed by atoms with E-state index >= 15 is 0 Å². The van der Waals surface area contributed by atoms with Gasteiger partial charge in [0.2, 0.25) is 0 Å². The second-order valence-electron chi connectivity index (χ2n) is 3.37. The van der Waals surface area contributed by atoms with Crippen molar-refractivity contribution in [3.05, 3.63) is 41.6 Å². The molecule has 6 nitrogen and oxygen atoms in total. The van der Waals surface area contributed by atoms with Gasteiger partial charge in [-0.2, -0.15) is 5.10 Å². The molecule has 2 aromatic heterocycles. The molecule has 2 aromatic rings. The van der Waals surface area contributed by atoms with Crippen LogP contribution in [-0.4, -0.2) is 26.1 Å². The van der Waals surface area contributed by atoms with Crippen molar-refractivity contribution in [2.45, 2.75) is 0 Å². The molecule has 0 aliphatic carbocycles. The highest BCUT2D eigenvalue weighted by atomic mass is 32.1. The van der Waals surface area contributed by atoms with E-state index in [4.69, 9.17) is 18.0 Å². The fraction of sp³-hybridized carbons (Fsp3) is 0. The number of carbonyl (C=O) groups excluding carboxylic acids is 1. The Labute approximate surface area is 106 Å². The standard InChI is InChI=1S/C10H8FN5OS/c11-6-1-5(2-13-3-6)10(17)15-9-7(8(12)18)4-14-16-9/h1-4H,(H2,12,18)(H2,14,15,16,17). The number of rotatable bonds is 3. The number of aromatic nitrogens is 3. The molecule has 2 heterocycles. The molecule has 0 aliphatic heterocycles. The van der Waals surface area contributed by atoms with Gasteiger partial charge in [-0.25, -0.2) is 4.39 Å².